The van der Waals surface area contributed by atoms with Gasteiger partial charge in [-0.15, -0.1) is 0 Å². The molecule has 34 heavy (non-hydrogen) atoms. The van der Waals surface area contributed by atoms with Crippen molar-refractivity contribution in [3.8, 4) is 5.75 Å². The third kappa shape index (κ3) is 5.61. The molecule has 3 N–H and O–H groups in total. The number of allylic oxidation sites excluding steroid dienone is 1. The maximum atomic E-state index is 13.6. The number of hydrogen-bond donors (Lipinski definition) is 2. The molecule has 2 heterocycles. The number of hydrogen-bond acceptors (Lipinski definition) is 8. The van der Waals surface area contributed by atoms with Crippen LogP contribution >= 0.6 is 11.6 Å². The normalized spacial score (nSPS) is 16.0. The Balaban J connectivity index is 1.78. The number of likely N-dealkylation sites (N-methyl/N-ethyl adjacent to an activating group) is 1. The fraction of sp³-hybridized carbons (Fsp3) is 0.292. The molecular formula is C24H25ClFN5O3. The quantitative estimate of drug-likeness (QED) is 0.361. The summed E-state index contributed by atoms with van der Waals surface area (Å²) in [5.41, 5.74) is 7.31. The second kappa shape index (κ2) is 10.3. The van der Waals surface area contributed by atoms with Crippen LogP contribution in [0.5, 0.6) is 5.75 Å². The van der Waals surface area contributed by atoms with Gasteiger partial charge in [0.15, 0.2) is 5.78 Å². The summed E-state index contributed by atoms with van der Waals surface area (Å²) >= 11 is 5.91. The number of nitrogen functional groups attached to an aromatic ring is 1. The first-order chi connectivity index (χ1) is 16.3. The van der Waals surface area contributed by atoms with Crippen LogP contribution in [-0.4, -0.2) is 60.6 Å². The molecule has 4 rings (SSSR count). The van der Waals surface area contributed by atoms with E-state index in [1.54, 1.807) is 18.2 Å². The third-order valence-electron chi connectivity index (χ3n) is 5.18. The van der Waals surface area contributed by atoms with Gasteiger partial charge in [0.25, 0.3) is 0 Å². The lowest BCUT2D eigenvalue weighted by atomic mass is 10.0. The van der Waals surface area contributed by atoms with E-state index in [0.29, 0.717) is 53.5 Å². The number of nitrogens with zero attached hydrogens (tertiary/aromatic N) is 3. The van der Waals surface area contributed by atoms with E-state index >= 15 is 0 Å². The largest absolute Gasteiger partial charge is 0.487 e. The van der Waals surface area contributed by atoms with Gasteiger partial charge < -0.3 is 25.4 Å². The zero-order valence-corrected chi connectivity index (χ0v) is 19.6. The average Bonchev–Trinajstić information content (AvgIpc) is 3.28. The van der Waals surface area contributed by atoms with Gasteiger partial charge >= 0.3 is 0 Å². The number of anilines is 3. The molecule has 1 fully saturated rings. The minimum Gasteiger partial charge on any atom is -0.487 e. The molecule has 10 heteroatoms. The Bertz CT molecular complexity index is 1240. The molecule has 1 saturated heterocycles. The molecule has 178 valence electrons. The van der Waals surface area contributed by atoms with Crippen molar-refractivity contribution in [2.75, 3.05) is 44.9 Å². The summed E-state index contributed by atoms with van der Waals surface area (Å²) in [7, 11) is 3.84. The molecule has 2 aromatic carbocycles. The predicted molar refractivity (Wildman–Crippen MR) is 131 cm³/mol. The topological polar surface area (TPSA) is 103 Å². The summed E-state index contributed by atoms with van der Waals surface area (Å²) in [6.45, 7) is 1.67. The number of benzene rings is 2. The van der Waals surface area contributed by atoms with E-state index in [-0.39, 0.29) is 22.9 Å². The highest BCUT2D eigenvalue weighted by Crippen LogP contribution is 2.33. The minimum atomic E-state index is -0.533. The van der Waals surface area contributed by atoms with E-state index < -0.39 is 5.82 Å². The van der Waals surface area contributed by atoms with Crippen LogP contribution in [0, 0.1) is 5.82 Å². The highest BCUT2D eigenvalue weighted by atomic mass is 35.5. The van der Waals surface area contributed by atoms with Gasteiger partial charge in [0, 0.05) is 30.1 Å². The Morgan fingerprint density at radius 3 is 2.88 bits per heavy atom. The van der Waals surface area contributed by atoms with Crippen LogP contribution in [0.4, 0.5) is 21.8 Å². The van der Waals surface area contributed by atoms with Crippen molar-refractivity contribution in [3.05, 3.63) is 58.9 Å². The second-order valence-corrected chi connectivity index (χ2v) is 8.59. The predicted octanol–water partition coefficient (Wildman–Crippen LogP) is 4.22. The SMILES string of the molecule is CN(C)CC=CC(=O)c1cc2c(Nc3ccc(F)c(Cl)c3)nc(N)nc2cc1O[C@H]1CCOC1. The number of fused-ring (bicyclic) bond motifs is 1. The summed E-state index contributed by atoms with van der Waals surface area (Å²) in [5.74, 6) is 0.0339. The molecule has 0 saturated carbocycles. The maximum absolute atomic E-state index is 13.6. The summed E-state index contributed by atoms with van der Waals surface area (Å²) in [4.78, 5) is 23.7. The van der Waals surface area contributed by atoms with Crippen molar-refractivity contribution in [2.24, 2.45) is 0 Å². The molecular weight excluding hydrogens is 461 g/mol. The molecule has 8 nitrogen and oxygen atoms in total. The first-order valence-electron chi connectivity index (χ1n) is 10.7. The van der Waals surface area contributed by atoms with E-state index in [2.05, 4.69) is 15.3 Å². The van der Waals surface area contributed by atoms with Crippen molar-refractivity contribution in [1.29, 1.82) is 0 Å². The van der Waals surface area contributed by atoms with Crippen molar-refractivity contribution < 1.29 is 18.7 Å². The molecule has 1 atom stereocenters. The van der Waals surface area contributed by atoms with Crippen LogP contribution in [0.1, 0.15) is 16.8 Å². The Labute approximate surface area is 201 Å². The number of nitrogens with one attached hydrogen (secondary N) is 1. The highest BCUT2D eigenvalue weighted by molar-refractivity contribution is 6.31. The van der Waals surface area contributed by atoms with Crippen LogP contribution < -0.4 is 15.8 Å². The molecule has 3 aromatic rings. The van der Waals surface area contributed by atoms with E-state index in [9.17, 15) is 9.18 Å². The number of halogens is 2. The zero-order valence-electron chi connectivity index (χ0n) is 18.8. The first-order valence-corrected chi connectivity index (χ1v) is 11.1. The summed E-state index contributed by atoms with van der Waals surface area (Å²) < 4.78 is 25.1. The van der Waals surface area contributed by atoms with Crippen LogP contribution in [0.25, 0.3) is 10.9 Å². The molecule has 1 aromatic heterocycles. The van der Waals surface area contributed by atoms with Crippen LogP contribution in [0.3, 0.4) is 0 Å². The number of rotatable bonds is 8. The molecule has 0 aliphatic carbocycles. The van der Waals surface area contributed by atoms with Gasteiger partial charge in [0.1, 0.15) is 23.5 Å². The summed E-state index contributed by atoms with van der Waals surface area (Å²) in [5, 5.41) is 3.61. The lowest BCUT2D eigenvalue weighted by Crippen LogP contribution is -2.17. The number of aromatic nitrogens is 2. The smallest absolute Gasteiger partial charge is 0.222 e. The van der Waals surface area contributed by atoms with Gasteiger partial charge in [-0.05, 0) is 44.4 Å². The lowest BCUT2D eigenvalue weighted by molar-refractivity contribution is 0.103. The van der Waals surface area contributed by atoms with Crippen LogP contribution in [-0.2, 0) is 4.74 Å². The van der Waals surface area contributed by atoms with Gasteiger partial charge in [-0.2, -0.15) is 4.98 Å². The standard InChI is InChI=1S/C24H25ClFN5O3/c1-31(2)8-3-4-21(32)17-11-16-20(12-22(17)34-15-7-9-33-13-15)29-24(27)30-23(16)28-14-5-6-19(26)18(25)10-14/h3-6,10-12,15H,7-9,13H2,1-2H3,(H3,27,28,29,30)/t15-/m0/s1. The number of ketones is 1. The zero-order chi connectivity index (χ0) is 24.2. The monoisotopic (exact) mass is 485 g/mol. The van der Waals surface area contributed by atoms with Gasteiger partial charge in [-0.25, -0.2) is 9.37 Å². The summed E-state index contributed by atoms with van der Waals surface area (Å²) in [6.07, 6.45) is 3.87. The number of carbonyl (C=O) groups is 1. The van der Waals surface area contributed by atoms with Crippen molar-refractivity contribution in [3.63, 3.8) is 0 Å². The van der Waals surface area contributed by atoms with Gasteiger partial charge in [0.2, 0.25) is 5.95 Å². The number of carbonyl (C=O) groups excluding carboxylic acids is 1. The Morgan fingerprint density at radius 2 is 2.18 bits per heavy atom. The van der Waals surface area contributed by atoms with Crippen LogP contribution in [0.2, 0.25) is 5.02 Å². The van der Waals surface area contributed by atoms with E-state index in [0.717, 1.165) is 6.42 Å². The van der Waals surface area contributed by atoms with E-state index in [1.165, 1.54) is 24.3 Å². The average molecular weight is 486 g/mol. The van der Waals surface area contributed by atoms with Crippen molar-refractivity contribution in [1.82, 2.24) is 14.9 Å². The number of nitrogens with two attached hydrogens (primary N) is 1. The molecule has 0 radical (unpaired) electrons. The Morgan fingerprint density at radius 1 is 1.35 bits per heavy atom. The van der Waals surface area contributed by atoms with Gasteiger partial charge in [-0.3, -0.25) is 4.79 Å². The highest BCUT2D eigenvalue weighted by Gasteiger charge is 2.22. The lowest BCUT2D eigenvalue weighted by Gasteiger charge is -2.17. The van der Waals surface area contributed by atoms with E-state index in [4.69, 9.17) is 26.8 Å². The van der Waals surface area contributed by atoms with E-state index in [1.807, 2.05) is 19.0 Å². The fourth-order valence-electron chi connectivity index (χ4n) is 3.52. The summed E-state index contributed by atoms with van der Waals surface area (Å²) in [6, 6.07) is 7.57. The second-order valence-electron chi connectivity index (χ2n) is 8.18. The first kappa shape index (κ1) is 23.9. The Kier molecular flexibility index (Phi) is 7.26. The van der Waals surface area contributed by atoms with Crippen molar-refractivity contribution in [2.45, 2.75) is 12.5 Å². The molecule has 0 amide bonds. The molecule has 0 bridgehead atoms. The van der Waals surface area contributed by atoms with Crippen LogP contribution in [0.15, 0.2) is 42.5 Å². The molecule has 0 unspecified atom stereocenters. The van der Waals surface area contributed by atoms with Crippen molar-refractivity contribution >= 4 is 45.7 Å². The number of ether oxygens (including phenoxy) is 2. The maximum Gasteiger partial charge on any atom is 0.222 e. The van der Waals surface area contributed by atoms with Gasteiger partial charge in [0.05, 0.1) is 29.3 Å². The van der Waals surface area contributed by atoms with Gasteiger partial charge in [-0.1, -0.05) is 17.7 Å². The molecule has 1 aliphatic heterocycles. The minimum absolute atomic E-state index is 0.0308. The molecule has 0 spiro atoms. The Hall–Kier alpha value is -3.27. The third-order valence-corrected chi connectivity index (χ3v) is 5.47. The fourth-order valence-corrected chi connectivity index (χ4v) is 3.70. The molecule has 1 aliphatic rings.